The van der Waals surface area contributed by atoms with Gasteiger partial charge in [-0.15, -0.1) is 0 Å². The smallest absolute Gasteiger partial charge is 0.264 e. The second kappa shape index (κ2) is 11.8. The van der Waals surface area contributed by atoms with Crippen molar-refractivity contribution in [1.82, 2.24) is 10.2 Å². The van der Waals surface area contributed by atoms with E-state index in [4.69, 9.17) is 0 Å². The number of amides is 2. The topological polar surface area (TPSA) is 86.8 Å². The Hall–Kier alpha value is -3.72. The molecule has 1 atom stereocenters. The molecule has 9 heteroatoms. The molecule has 0 aromatic heterocycles. The lowest BCUT2D eigenvalue weighted by Crippen LogP contribution is -2.54. The Bertz CT molecular complexity index is 1370. The molecule has 0 radical (unpaired) electrons. The van der Waals surface area contributed by atoms with Crippen LogP contribution in [0.2, 0.25) is 0 Å². The maximum atomic E-state index is 13.8. The summed E-state index contributed by atoms with van der Waals surface area (Å²) in [6, 6.07) is 19.4. The Morgan fingerprint density at radius 1 is 0.947 bits per heavy atom. The first-order chi connectivity index (χ1) is 17.8. The van der Waals surface area contributed by atoms with Gasteiger partial charge in [-0.25, -0.2) is 12.8 Å². The van der Waals surface area contributed by atoms with E-state index in [-0.39, 0.29) is 17.3 Å². The van der Waals surface area contributed by atoms with E-state index in [1.165, 1.54) is 41.3 Å². The zero-order valence-electron chi connectivity index (χ0n) is 22.3. The lowest BCUT2D eigenvalue weighted by molar-refractivity contribution is -0.140. The normalized spacial score (nSPS) is 12.5. The molecule has 202 valence electrons. The van der Waals surface area contributed by atoms with Crippen LogP contribution in [0.4, 0.5) is 10.1 Å². The predicted octanol–water partition coefficient (Wildman–Crippen LogP) is 4.66. The monoisotopic (exact) mass is 539 g/mol. The summed E-state index contributed by atoms with van der Waals surface area (Å²) in [4.78, 5) is 28.3. The minimum atomic E-state index is -4.12. The fourth-order valence-corrected chi connectivity index (χ4v) is 5.30. The van der Waals surface area contributed by atoms with E-state index in [2.05, 4.69) is 5.32 Å². The fraction of sp³-hybridized carbons (Fsp3) is 0.310. The van der Waals surface area contributed by atoms with E-state index in [0.29, 0.717) is 11.3 Å². The van der Waals surface area contributed by atoms with Crippen molar-refractivity contribution >= 4 is 27.5 Å². The van der Waals surface area contributed by atoms with Gasteiger partial charge in [0.1, 0.15) is 18.4 Å². The van der Waals surface area contributed by atoms with Crippen molar-refractivity contribution in [3.63, 3.8) is 0 Å². The van der Waals surface area contributed by atoms with Crippen molar-refractivity contribution in [2.45, 2.75) is 57.6 Å². The molecular formula is C29H34FN3O4S. The van der Waals surface area contributed by atoms with E-state index < -0.39 is 39.9 Å². The highest BCUT2D eigenvalue weighted by Crippen LogP contribution is 2.25. The third-order valence-corrected chi connectivity index (χ3v) is 7.62. The molecule has 1 N–H and O–H groups in total. The van der Waals surface area contributed by atoms with Crippen LogP contribution < -0.4 is 9.62 Å². The van der Waals surface area contributed by atoms with Gasteiger partial charge in [0.25, 0.3) is 10.0 Å². The van der Waals surface area contributed by atoms with Gasteiger partial charge in [-0.05, 0) is 82.1 Å². The number of hydrogen-bond donors (Lipinski definition) is 1. The first kappa shape index (κ1) is 28.8. The summed E-state index contributed by atoms with van der Waals surface area (Å²) in [5.41, 5.74) is 1.21. The van der Waals surface area contributed by atoms with Crippen molar-refractivity contribution in [1.29, 1.82) is 0 Å². The van der Waals surface area contributed by atoms with Crippen molar-refractivity contribution in [2.24, 2.45) is 0 Å². The first-order valence-corrected chi connectivity index (χ1v) is 13.7. The molecular weight excluding hydrogens is 505 g/mol. The van der Waals surface area contributed by atoms with E-state index in [9.17, 15) is 22.4 Å². The summed E-state index contributed by atoms with van der Waals surface area (Å²) in [6.45, 7) is 8.37. The van der Waals surface area contributed by atoms with Crippen LogP contribution >= 0.6 is 0 Å². The van der Waals surface area contributed by atoms with Crippen LogP contribution in [0.15, 0.2) is 83.8 Å². The van der Waals surface area contributed by atoms with Crippen molar-refractivity contribution in [2.75, 3.05) is 10.8 Å². The van der Waals surface area contributed by atoms with Crippen molar-refractivity contribution in [3.8, 4) is 0 Å². The number of aryl methyl sites for hydroxylation is 1. The molecule has 3 aromatic rings. The predicted molar refractivity (Wildman–Crippen MR) is 146 cm³/mol. The number of nitrogens with one attached hydrogen (secondary N) is 1. The lowest BCUT2D eigenvalue weighted by Gasteiger charge is -2.33. The van der Waals surface area contributed by atoms with Gasteiger partial charge in [0, 0.05) is 12.1 Å². The van der Waals surface area contributed by atoms with Gasteiger partial charge in [0.15, 0.2) is 0 Å². The standard InChI is InChI=1S/C29H34FN3O4S/c1-21-10-9-11-25(18-21)33(38(36,37)26-12-7-6-8-13-26)20-27(34)32(19-23-14-16-24(30)17-15-23)22(2)28(35)31-29(3,4)5/h6-18,22H,19-20H2,1-5H3,(H,31,35). The van der Waals surface area contributed by atoms with E-state index in [1.807, 2.05) is 33.8 Å². The Morgan fingerprint density at radius 3 is 2.16 bits per heavy atom. The van der Waals surface area contributed by atoms with Crippen LogP contribution in [0.25, 0.3) is 0 Å². The third kappa shape index (κ3) is 7.41. The zero-order chi connectivity index (χ0) is 28.1. The number of carbonyl (C=O) groups excluding carboxylic acids is 2. The number of anilines is 1. The van der Waals surface area contributed by atoms with E-state index in [1.54, 1.807) is 43.3 Å². The second-order valence-electron chi connectivity index (χ2n) is 10.2. The molecule has 0 aliphatic carbocycles. The number of benzene rings is 3. The molecule has 0 aliphatic heterocycles. The number of hydrogen-bond acceptors (Lipinski definition) is 4. The van der Waals surface area contributed by atoms with Crippen LogP contribution in [0, 0.1) is 12.7 Å². The average molecular weight is 540 g/mol. The molecule has 2 amide bonds. The Morgan fingerprint density at radius 2 is 1.58 bits per heavy atom. The maximum Gasteiger partial charge on any atom is 0.264 e. The highest BCUT2D eigenvalue weighted by Gasteiger charge is 2.33. The molecule has 0 heterocycles. The van der Waals surface area contributed by atoms with Gasteiger partial charge in [-0.1, -0.05) is 42.5 Å². The van der Waals surface area contributed by atoms with Crippen molar-refractivity contribution in [3.05, 3.63) is 95.8 Å². The number of rotatable bonds is 9. The third-order valence-electron chi connectivity index (χ3n) is 5.83. The Kier molecular flexibility index (Phi) is 8.93. The molecule has 0 aliphatic rings. The largest absolute Gasteiger partial charge is 0.350 e. The Balaban J connectivity index is 2.02. The number of nitrogens with zero attached hydrogens (tertiary/aromatic N) is 2. The molecule has 1 unspecified atom stereocenters. The van der Waals surface area contributed by atoms with Crippen LogP contribution in [-0.4, -0.2) is 43.3 Å². The summed E-state index contributed by atoms with van der Waals surface area (Å²) in [5.74, 6) is -1.39. The number of sulfonamides is 1. The molecule has 0 saturated heterocycles. The maximum absolute atomic E-state index is 13.8. The molecule has 0 saturated carbocycles. The minimum Gasteiger partial charge on any atom is -0.350 e. The van der Waals surface area contributed by atoms with Crippen LogP contribution in [0.3, 0.4) is 0 Å². The van der Waals surface area contributed by atoms with Gasteiger partial charge < -0.3 is 10.2 Å². The highest BCUT2D eigenvalue weighted by atomic mass is 32.2. The van der Waals surface area contributed by atoms with Crippen LogP contribution in [0.1, 0.15) is 38.8 Å². The van der Waals surface area contributed by atoms with E-state index in [0.717, 1.165) is 9.87 Å². The molecule has 0 spiro atoms. The molecule has 0 fully saturated rings. The van der Waals surface area contributed by atoms with Crippen LogP contribution in [0.5, 0.6) is 0 Å². The molecule has 3 aromatic carbocycles. The average Bonchev–Trinajstić information content (AvgIpc) is 2.85. The second-order valence-corrected chi connectivity index (χ2v) is 12.1. The van der Waals surface area contributed by atoms with Gasteiger partial charge in [0.05, 0.1) is 10.6 Å². The number of carbonyl (C=O) groups is 2. The first-order valence-electron chi connectivity index (χ1n) is 12.3. The zero-order valence-corrected chi connectivity index (χ0v) is 23.1. The van der Waals surface area contributed by atoms with Gasteiger partial charge in [-0.3, -0.25) is 13.9 Å². The van der Waals surface area contributed by atoms with Crippen molar-refractivity contribution < 1.29 is 22.4 Å². The molecule has 7 nitrogen and oxygen atoms in total. The molecule has 3 rings (SSSR count). The Labute approximate surface area is 224 Å². The quantitative estimate of drug-likeness (QED) is 0.429. The summed E-state index contributed by atoms with van der Waals surface area (Å²) in [7, 11) is -4.12. The molecule has 0 bridgehead atoms. The van der Waals surface area contributed by atoms with Gasteiger partial charge in [0.2, 0.25) is 11.8 Å². The van der Waals surface area contributed by atoms with Gasteiger partial charge in [-0.2, -0.15) is 0 Å². The summed E-state index contributed by atoms with van der Waals surface area (Å²) >= 11 is 0. The molecule has 38 heavy (non-hydrogen) atoms. The summed E-state index contributed by atoms with van der Waals surface area (Å²) < 4.78 is 42.0. The summed E-state index contributed by atoms with van der Waals surface area (Å²) in [6.07, 6.45) is 0. The number of halogens is 1. The van der Waals surface area contributed by atoms with E-state index >= 15 is 0 Å². The van der Waals surface area contributed by atoms with Gasteiger partial charge >= 0.3 is 0 Å². The highest BCUT2D eigenvalue weighted by molar-refractivity contribution is 7.92. The van der Waals surface area contributed by atoms with Crippen LogP contribution in [-0.2, 0) is 26.2 Å². The SMILES string of the molecule is Cc1cccc(N(CC(=O)N(Cc2ccc(F)cc2)C(C)C(=O)NC(C)(C)C)S(=O)(=O)c2ccccc2)c1. The minimum absolute atomic E-state index is 0.00904. The lowest BCUT2D eigenvalue weighted by atomic mass is 10.1. The fourth-order valence-electron chi connectivity index (χ4n) is 3.87. The summed E-state index contributed by atoms with van der Waals surface area (Å²) in [5, 5.41) is 2.87.